The number of rotatable bonds is 1. The van der Waals surface area contributed by atoms with Crippen molar-refractivity contribution >= 4 is 39.2 Å². The highest BCUT2D eigenvalue weighted by atomic mass is 32.1. The van der Waals surface area contributed by atoms with E-state index in [0.29, 0.717) is 5.13 Å². The van der Waals surface area contributed by atoms with Crippen LogP contribution in [0.1, 0.15) is 0 Å². The van der Waals surface area contributed by atoms with Crippen molar-refractivity contribution < 1.29 is 14.3 Å². The first-order chi connectivity index (χ1) is 9.15. The second kappa shape index (κ2) is 5.87. The van der Waals surface area contributed by atoms with Gasteiger partial charge in [-0.25, -0.2) is 9.78 Å². The van der Waals surface area contributed by atoms with Crippen molar-refractivity contribution in [3.63, 3.8) is 0 Å². The maximum Gasteiger partial charge on any atom is 0.410 e. The fourth-order valence-corrected chi connectivity index (χ4v) is 1.87. The Morgan fingerprint density at radius 3 is 2.95 bits per heavy atom. The number of nitrogens with zero attached hydrogens (tertiary/aromatic N) is 1. The molecule has 6 nitrogen and oxygen atoms in total. The van der Waals surface area contributed by atoms with Gasteiger partial charge in [-0.05, 0) is 18.2 Å². The molecule has 0 aliphatic carbocycles. The number of fused-ring (bicyclic) bond motifs is 1. The van der Waals surface area contributed by atoms with Crippen LogP contribution in [0, 0.1) is 0 Å². The molecule has 4 N–H and O–H groups in total. The molecule has 1 aromatic carbocycles. The average molecular weight is 277 g/mol. The molecule has 0 fully saturated rings. The quantitative estimate of drug-likeness (QED) is 0.593. The number of anilines is 2. The molecule has 98 valence electrons. The van der Waals surface area contributed by atoms with Crippen molar-refractivity contribution in [3.8, 4) is 0 Å². The first-order valence-electron chi connectivity index (χ1n) is 5.27. The van der Waals surface area contributed by atoms with Gasteiger partial charge < -0.3 is 15.3 Å². The first kappa shape index (κ1) is 12.9. The number of furan rings is 1. The van der Waals surface area contributed by atoms with E-state index in [1.54, 1.807) is 11.6 Å². The second-order valence-corrected chi connectivity index (χ2v) is 4.38. The third-order valence-corrected chi connectivity index (χ3v) is 2.81. The van der Waals surface area contributed by atoms with Gasteiger partial charge in [-0.2, -0.15) is 0 Å². The Kier molecular flexibility index (Phi) is 3.99. The lowest BCUT2D eigenvalue weighted by atomic mass is 10.2. The summed E-state index contributed by atoms with van der Waals surface area (Å²) in [5, 5.41) is 13.4. The Bertz CT molecular complexity index is 664. The van der Waals surface area contributed by atoms with Crippen LogP contribution in [-0.4, -0.2) is 16.2 Å². The van der Waals surface area contributed by atoms with E-state index in [-0.39, 0.29) is 0 Å². The number of nitrogens with one attached hydrogen (secondary N) is 1. The van der Waals surface area contributed by atoms with Crippen LogP contribution >= 0.6 is 11.3 Å². The highest BCUT2D eigenvalue weighted by Crippen LogP contribution is 2.17. The standard InChI is InChI=1S/C8H7NO.C4H4N2O2S/c9-7-2-1-6-3-4-10-8(6)5-7;7-4(8)6-3-5-1-2-9-3/h1-5H,9H2;1-2H,(H,5,6)(H,7,8). The van der Waals surface area contributed by atoms with Crippen LogP contribution in [0.4, 0.5) is 15.6 Å². The normalized spacial score (nSPS) is 9.68. The zero-order valence-corrected chi connectivity index (χ0v) is 10.6. The molecule has 2 heterocycles. The molecule has 0 aliphatic rings. The number of carboxylic acid groups (broad SMARTS) is 1. The Morgan fingerprint density at radius 2 is 2.26 bits per heavy atom. The molecule has 3 aromatic rings. The van der Waals surface area contributed by atoms with E-state index in [4.69, 9.17) is 15.3 Å². The van der Waals surface area contributed by atoms with E-state index in [9.17, 15) is 4.79 Å². The third-order valence-electron chi connectivity index (χ3n) is 2.13. The minimum Gasteiger partial charge on any atom is -0.465 e. The molecule has 7 heteroatoms. The summed E-state index contributed by atoms with van der Waals surface area (Å²) in [5.74, 6) is 0. The largest absolute Gasteiger partial charge is 0.465 e. The van der Waals surface area contributed by atoms with Gasteiger partial charge in [0, 0.05) is 28.7 Å². The third kappa shape index (κ3) is 3.71. The van der Waals surface area contributed by atoms with Gasteiger partial charge in [-0.15, -0.1) is 11.3 Å². The molecule has 0 radical (unpaired) electrons. The van der Waals surface area contributed by atoms with Crippen molar-refractivity contribution in [1.82, 2.24) is 4.98 Å². The zero-order chi connectivity index (χ0) is 13.7. The van der Waals surface area contributed by atoms with E-state index in [1.807, 2.05) is 24.3 Å². The smallest absolute Gasteiger partial charge is 0.410 e. The van der Waals surface area contributed by atoms with E-state index >= 15 is 0 Å². The van der Waals surface area contributed by atoms with Gasteiger partial charge in [0.15, 0.2) is 5.13 Å². The van der Waals surface area contributed by atoms with E-state index in [0.717, 1.165) is 16.7 Å². The SMILES string of the molecule is Nc1ccc2ccoc2c1.O=C(O)Nc1nccs1. The maximum atomic E-state index is 9.92. The average Bonchev–Trinajstić information content (AvgIpc) is 2.99. The van der Waals surface area contributed by atoms with Crippen LogP contribution in [0.2, 0.25) is 0 Å². The van der Waals surface area contributed by atoms with Crippen LogP contribution in [0.5, 0.6) is 0 Å². The van der Waals surface area contributed by atoms with Gasteiger partial charge in [0.2, 0.25) is 0 Å². The Morgan fingerprint density at radius 1 is 1.42 bits per heavy atom. The number of benzene rings is 1. The van der Waals surface area contributed by atoms with Crippen molar-refractivity contribution in [2.75, 3.05) is 11.1 Å². The molecule has 1 amide bonds. The monoisotopic (exact) mass is 277 g/mol. The molecule has 0 saturated carbocycles. The summed E-state index contributed by atoms with van der Waals surface area (Å²) in [7, 11) is 0. The van der Waals surface area contributed by atoms with Gasteiger partial charge in [0.25, 0.3) is 0 Å². The lowest BCUT2D eigenvalue weighted by Crippen LogP contribution is -2.06. The number of hydrogen-bond acceptors (Lipinski definition) is 5. The fraction of sp³-hybridized carbons (Fsp3) is 0. The lowest BCUT2D eigenvalue weighted by Gasteiger charge is -1.89. The Labute approximate surface area is 112 Å². The topological polar surface area (TPSA) is 101 Å². The number of hydrogen-bond donors (Lipinski definition) is 3. The fourth-order valence-electron chi connectivity index (χ4n) is 1.35. The number of nitrogens with two attached hydrogens (primary N) is 1. The van der Waals surface area contributed by atoms with Crippen molar-refractivity contribution in [3.05, 3.63) is 42.1 Å². The molecule has 3 rings (SSSR count). The van der Waals surface area contributed by atoms with Gasteiger partial charge in [0.1, 0.15) is 5.58 Å². The van der Waals surface area contributed by atoms with Gasteiger partial charge >= 0.3 is 6.09 Å². The minimum absolute atomic E-state index is 0.405. The molecular formula is C12H11N3O3S. The number of carbonyl (C=O) groups is 1. The molecule has 0 unspecified atom stereocenters. The predicted octanol–water partition coefficient (Wildman–Crippen LogP) is 3.25. The van der Waals surface area contributed by atoms with Crippen molar-refractivity contribution in [2.45, 2.75) is 0 Å². The number of nitrogen functional groups attached to an aromatic ring is 1. The summed E-state index contributed by atoms with van der Waals surface area (Å²) in [5.41, 5.74) is 7.11. The van der Waals surface area contributed by atoms with Gasteiger partial charge in [0.05, 0.1) is 6.26 Å². The molecule has 19 heavy (non-hydrogen) atoms. The lowest BCUT2D eigenvalue weighted by molar-refractivity contribution is 0.209. The molecular weight excluding hydrogens is 266 g/mol. The summed E-state index contributed by atoms with van der Waals surface area (Å²) in [6.07, 6.45) is 2.12. The number of thiazole rings is 1. The maximum absolute atomic E-state index is 9.92. The van der Waals surface area contributed by atoms with Crippen LogP contribution in [0.15, 0.2) is 46.5 Å². The van der Waals surface area contributed by atoms with E-state index in [2.05, 4.69) is 10.3 Å². The van der Waals surface area contributed by atoms with Crippen LogP contribution in [-0.2, 0) is 0 Å². The minimum atomic E-state index is -1.08. The molecule has 2 aromatic heterocycles. The predicted molar refractivity (Wildman–Crippen MR) is 74.4 cm³/mol. The van der Waals surface area contributed by atoms with Crippen LogP contribution < -0.4 is 11.1 Å². The van der Waals surface area contributed by atoms with Crippen molar-refractivity contribution in [2.24, 2.45) is 0 Å². The highest BCUT2D eigenvalue weighted by Gasteiger charge is 1.96. The van der Waals surface area contributed by atoms with Crippen LogP contribution in [0.25, 0.3) is 11.0 Å². The number of amides is 1. The Hall–Kier alpha value is -2.54. The number of aromatic nitrogens is 1. The second-order valence-electron chi connectivity index (χ2n) is 3.49. The van der Waals surface area contributed by atoms with Gasteiger partial charge in [-0.1, -0.05) is 0 Å². The van der Waals surface area contributed by atoms with Crippen LogP contribution in [0.3, 0.4) is 0 Å². The summed E-state index contributed by atoms with van der Waals surface area (Å²) in [6.45, 7) is 0. The van der Waals surface area contributed by atoms with E-state index in [1.165, 1.54) is 17.5 Å². The van der Waals surface area contributed by atoms with Gasteiger partial charge in [-0.3, -0.25) is 5.32 Å². The molecule has 0 saturated heterocycles. The molecule has 0 aliphatic heterocycles. The first-order valence-corrected chi connectivity index (χ1v) is 6.15. The zero-order valence-electron chi connectivity index (χ0n) is 9.74. The molecule has 0 bridgehead atoms. The summed E-state index contributed by atoms with van der Waals surface area (Å²) >= 11 is 1.25. The molecule has 0 atom stereocenters. The van der Waals surface area contributed by atoms with Crippen molar-refractivity contribution in [1.29, 1.82) is 0 Å². The summed E-state index contributed by atoms with van der Waals surface area (Å²) in [6, 6.07) is 7.52. The Balaban J connectivity index is 0.000000141. The highest BCUT2D eigenvalue weighted by molar-refractivity contribution is 7.13. The van der Waals surface area contributed by atoms with E-state index < -0.39 is 6.09 Å². The summed E-state index contributed by atoms with van der Waals surface area (Å²) in [4.78, 5) is 13.6. The molecule has 0 spiro atoms. The summed E-state index contributed by atoms with van der Waals surface area (Å²) < 4.78 is 5.12.